The van der Waals surface area contributed by atoms with E-state index in [2.05, 4.69) is 29.5 Å². The molecule has 1 heterocycles. The Labute approximate surface area is 125 Å². The SMILES string of the molecule is CC(C)CCn1cc(C(=O)NCC2CCCC(O)C2)nn1. The molecule has 0 aliphatic heterocycles. The van der Waals surface area contributed by atoms with E-state index >= 15 is 0 Å². The van der Waals surface area contributed by atoms with Crippen molar-refractivity contribution in [3.8, 4) is 0 Å². The highest BCUT2D eigenvalue weighted by atomic mass is 16.3. The Morgan fingerprint density at radius 3 is 3.05 bits per heavy atom. The van der Waals surface area contributed by atoms with E-state index in [4.69, 9.17) is 0 Å². The number of hydrogen-bond acceptors (Lipinski definition) is 4. The third-order valence-corrected chi connectivity index (χ3v) is 4.01. The van der Waals surface area contributed by atoms with Crippen molar-refractivity contribution in [1.29, 1.82) is 0 Å². The van der Waals surface area contributed by atoms with Crippen LogP contribution in [-0.2, 0) is 6.54 Å². The Balaban J connectivity index is 1.77. The average molecular weight is 294 g/mol. The lowest BCUT2D eigenvalue weighted by molar-refractivity contribution is 0.0870. The van der Waals surface area contributed by atoms with Gasteiger partial charge in [-0.25, -0.2) is 0 Å². The first-order chi connectivity index (χ1) is 10.0. The van der Waals surface area contributed by atoms with Crippen LogP contribution in [0.3, 0.4) is 0 Å². The number of hydrogen-bond donors (Lipinski definition) is 2. The van der Waals surface area contributed by atoms with E-state index in [0.29, 0.717) is 24.1 Å². The van der Waals surface area contributed by atoms with Gasteiger partial charge < -0.3 is 10.4 Å². The molecule has 6 heteroatoms. The maximum atomic E-state index is 12.0. The molecule has 1 aliphatic rings. The number of rotatable bonds is 6. The number of carbonyl (C=O) groups excluding carboxylic acids is 1. The lowest BCUT2D eigenvalue weighted by atomic mass is 9.87. The first kappa shape index (κ1) is 15.9. The van der Waals surface area contributed by atoms with Gasteiger partial charge in [0.1, 0.15) is 0 Å². The van der Waals surface area contributed by atoms with Crippen LogP contribution in [0.1, 0.15) is 56.4 Å². The summed E-state index contributed by atoms with van der Waals surface area (Å²) in [5.74, 6) is 0.795. The number of aliphatic hydroxyl groups is 1. The second kappa shape index (κ2) is 7.54. The lowest BCUT2D eigenvalue weighted by Crippen LogP contribution is -2.33. The molecule has 1 amide bonds. The monoisotopic (exact) mass is 294 g/mol. The van der Waals surface area contributed by atoms with Crippen molar-refractivity contribution in [2.75, 3.05) is 6.54 Å². The summed E-state index contributed by atoms with van der Waals surface area (Å²) in [4.78, 5) is 12.0. The molecule has 1 aromatic heterocycles. The summed E-state index contributed by atoms with van der Waals surface area (Å²) in [6.45, 7) is 5.70. The highest BCUT2D eigenvalue weighted by Gasteiger charge is 2.21. The van der Waals surface area contributed by atoms with E-state index in [9.17, 15) is 9.90 Å². The second-order valence-electron chi connectivity index (χ2n) is 6.45. The fourth-order valence-electron chi connectivity index (χ4n) is 2.68. The molecular weight excluding hydrogens is 268 g/mol. The molecular formula is C15H26N4O2. The molecule has 118 valence electrons. The van der Waals surface area contributed by atoms with E-state index in [1.807, 2.05) is 0 Å². The van der Waals surface area contributed by atoms with E-state index in [1.54, 1.807) is 10.9 Å². The maximum Gasteiger partial charge on any atom is 0.273 e. The molecule has 2 atom stereocenters. The van der Waals surface area contributed by atoms with Crippen LogP contribution < -0.4 is 5.32 Å². The Morgan fingerprint density at radius 2 is 2.33 bits per heavy atom. The van der Waals surface area contributed by atoms with Crippen LogP contribution in [0.2, 0.25) is 0 Å². The first-order valence-corrected chi connectivity index (χ1v) is 7.91. The maximum absolute atomic E-state index is 12.0. The molecule has 0 saturated heterocycles. The van der Waals surface area contributed by atoms with Gasteiger partial charge in [-0.05, 0) is 37.5 Å². The highest BCUT2D eigenvalue weighted by molar-refractivity contribution is 5.91. The van der Waals surface area contributed by atoms with Gasteiger partial charge in [-0.3, -0.25) is 9.48 Å². The van der Waals surface area contributed by atoms with Gasteiger partial charge in [0, 0.05) is 13.1 Å². The molecule has 0 aromatic carbocycles. The fraction of sp³-hybridized carbons (Fsp3) is 0.800. The number of aryl methyl sites for hydroxylation is 1. The Kier molecular flexibility index (Phi) is 5.73. The van der Waals surface area contributed by atoms with E-state index < -0.39 is 0 Å². The summed E-state index contributed by atoms with van der Waals surface area (Å²) in [5.41, 5.74) is 0.370. The van der Waals surface area contributed by atoms with Crippen LogP contribution in [-0.4, -0.2) is 38.7 Å². The minimum absolute atomic E-state index is 0.175. The molecule has 6 nitrogen and oxygen atoms in total. The molecule has 0 bridgehead atoms. The van der Waals surface area contributed by atoms with Crippen LogP contribution in [0.4, 0.5) is 0 Å². The van der Waals surface area contributed by atoms with Gasteiger partial charge >= 0.3 is 0 Å². The van der Waals surface area contributed by atoms with Gasteiger partial charge in [0.25, 0.3) is 5.91 Å². The number of nitrogens with one attached hydrogen (secondary N) is 1. The van der Waals surface area contributed by atoms with Crippen LogP contribution in [0.5, 0.6) is 0 Å². The molecule has 21 heavy (non-hydrogen) atoms. The summed E-state index contributed by atoms with van der Waals surface area (Å²) < 4.78 is 1.72. The predicted octanol–water partition coefficient (Wildman–Crippen LogP) is 1.61. The van der Waals surface area contributed by atoms with Crippen molar-refractivity contribution in [2.24, 2.45) is 11.8 Å². The van der Waals surface area contributed by atoms with Crippen molar-refractivity contribution in [3.05, 3.63) is 11.9 Å². The third-order valence-electron chi connectivity index (χ3n) is 4.01. The van der Waals surface area contributed by atoms with E-state index in [1.165, 1.54) is 0 Å². The summed E-state index contributed by atoms with van der Waals surface area (Å²) in [5, 5.41) is 20.4. The van der Waals surface area contributed by atoms with Crippen LogP contribution in [0.25, 0.3) is 0 Å². The molecule has 2 rings (SSSR count). The topological polar surface area (TPSA) is 80.0 Å². The Morgan fingerprint density at radius 1 is 1.52 bits per heavy atom. The van der Waals surface area contributed by atoms with Gasteiger partial charge in [-0.2, -0.15) is 0 Å². The van der Waals surface area contributed by atoms with Crippen LogP contribution >= 0.6 is 0 Å². The average Bonchev–Trinajstić information content (AvgIpc) is 2.91. The van der Waals surface area contributed by atoms with E-state index in [-0.39, 0.29) is 12.0 Å². The molecule has 2 unspecified atom stereocenters. The molecule has 2 N–H and O–H groups in total. The molecule has 1 aromatic rings. The standard InChI is InChI=1S/C15H26N4O2/c1-11(2)6-7-19-10-14(17-18-19)15(21)16-9-12-4-3-5-13(20)8-12/h10-13,20H,3-9H2,1-2H3,(H,16,21). The zero-order valence-corrected chi connectivity index (χ0v) is 13.0. The van der Waals surface area contributed by atoms with Gasteiger partial charge in [-0.1, -0.05) is 25.5 Å². The third kappa shape index (κ3) is 5.12. The summed E-state index contributed by atoms with van der Waals surface area (Å²) >= 11 is 0. The van der Waals surface area contributed by atoms with Gasteiger partial charge in [-0.15, -0.1) is 5.10 Å². The number of amides is 1. The van der Waals surface area contributed by atoms with Crippen LogP contribution in [0, 0.1) is 11.8 Å². The van der Waals surface area contributed by atoms with E-state index in [0.717, 1.165) is 38.6 Å². The largest absolute Gasteiger partial charge is 0.393 e. The predicted molar refractivity (Wildman–Crippen MR) is 79.8 cm³/mol. The van der Waals surface area contributed by atoms with Gasteiger partial charge in [0.05, 0.1) is 12.3 Å². The number of carbonyl (C=O) groups is 1. The minimum atomic E-state index is -0.211. The summed E-state index contributed by atoms with van der Waals surface area (Å²) in [6, 6.07) is 0. The molecule has 1 fully saturated rings. The minimum Gasteiger partial charge on any atom is -0.393 e. The Hall–Kier alpha value is -1.43. The van der Waals surface area contributed by atoms with Crippen molar-refractivity contribution < 1.29 is 9.90 Å². The fourth-order valence-corrected chi connectivity index (χ4v) is 2.68. The van der Waals surface area contributed by atoms with Crippen molar-refractivity contribution in [3.63, 3.8) is 0 Å². The molecule has 1 saturated carbocycles. The van der Waals surface area contributed by atoms with Crippen molar-refractivity contribution in [1.82, 2.24) is 20.3 Å². The van der Waals surface area contributed by atoms with Crippen LogP contribution in [0.15, 0.2) is 6.20 Å². The molecule has 0 radical (unpaired) electrons. The van der Waals surface area contributed by atoms with Crippen molar-refractivity contribution >= 4 is 5.91 Å². The lowest BCUT2D eigenvalue weighted by Gasteiger charge is -2.25. The number of nitrogens with zero attached hydrogens (tertiary/aromatic N) is 3. The zero-order valence-electron chi connectivity index (χ0n) is 13.0. The summed E-state index contributed by atoms with van der Waals surface area (Å²) in [7, 11) is 0. The second-order valence-corrected chi connectivity index (χ2v) is 6.45. The number of aliphatic hydroxyl groups excluding tert-OH is 1. The zero-order chi connectivity index (χ0) is 15.2. The van der Waals surface area contributed by atoms with Gasteiger partial charge in [0.15, 0.2) is 5.69 Å². The first-order valence-electron chi connectivity index (χ1n) is 7.91. The number of aromatic nitrogens is 3. The molecule has 0 spiro atoms. The quantitative estimate of drug-likeness (QED) is 0.835. The molecule has 1 aliphatic carbocycles. The van der Waals surface area contributed by atoms with Gasteiger partial charge in [0.2, 0.25) is 0 Å². The smallest absolute Gasteiger partial charge is 0.273 e. The normalized spacial score (nSPS) is 22.5. The summed E-state index contributed by atoms with van der Waals surface area (Å²) in [6.07, 6.45) is 6.27. The Bertz CT molecular complexity index is 458. The van der Waals surface area contributed by atoms with Crippen molar-refractivity contribution in [2.45, 2.75) is 58.6 Å². The highest BCUT2D eigenvalue weighted by Crippen LogP contribution is 2.23.